The van der Waals surface area contributed by atoms with E-state index >= 15 is 0 Å². The van der Waals surface area contributed by atoms with Gasteiger partial charge in [-0.1, -0.05) is 30.3 Å². The van der Waals surface area contributed by atoms with E-state index in [-0.39, 0.29) is 5.78 Å². The Morgan fingerprint density at radius 2 is 1.75 bits per heavy atom. The number of methoxy groups -OCH3 is 2. The van der Waals surface area contributed by atoms with Crippen molar-refractivity contribution in [3.63, 3.8) is 0 Å². The minimum atomic E-state index is -0.0385. The lowest BCUT2D eigenvalue weighted by molar-refractivity contribution is 0.104. The fourth-order valence-electron chi connectivity index (χ4n) is 1.82. The summed E-state index contributed by atoms with van der Waals surface area (Å²) in [5.74, 6) is 1.35. The lowest BCUT2D eigenvalue weighted by atomic mass is 10.1. The van der Waals surface area contributed by atoms with Gasteiger partial charge in [-0.05, 0) is 24.3 Å². The van der Waals surface area contributed by atoms with E-state index in [1.165, 1.54) is 0 Å². The van der Waals surface area contributed by atoms with Gasteiger partial charge < -0.3 is 9.47 Å². The fourth-order valence-corrected chi connectivity index (χ4v) is 1.82. The van der Waals surface area contributed by atoms with Crippen LogP contribution in [0.25, 0.3) is 6.08 Å². The van der Waals surface area contributed by atoms with E-state index in [4.69, 9.17) is 9.47 Å². The molecule has 0 bridgehead atoms. The molecule has 102 valence electrons. The molecular weight excluding hydrogens is 252 g/mol. The highest BCUT2D eigenvalue weighted by atomic mass is 16.5. The highest BCUT2D eigenvalue weighted by molar-refractivity contribution is 6.06. The smallest absolute Gasteiger partial charge is 0.185 e. The van der Waals surface area contributed by atoms with Crippen LogP contribution >= 0.6 is 0 Å². The molecule has 0 aliphatic rings. The van der Waals surface area contributed by atoms with E-state index in [9.17, 15) is 4.79 Å². The Morgan fingerprint density at radius 1 is 1.00 bits per heavy atom. The lowest BCUT2D eigenvalue weighted by Crippen LogP contribution is -1.94. The maximum Gasteiger partial charge on any atom is 0.185 e. The Hall–Kier alpha value is -2.55. The zero-order chi connectivity index (χ0) is 14.4. The van der Waals surface area contributed by atoms with Crippen molar-refractivity contribution in [2.75, 3.05) is 14.2 Å². The van der Waals surface area contributed by atoms with Crippen LogP contribution in [-0.4, -0.2) is 20.0 Å². The van der Waals surface area contributed by atoms with Crippen molar-refractivity contribution in [2.45, 2.75) is 0 Å². The van der Waals surface area contributed by atoms with Crippen LogP contribution in [0.1, 0.15) is 15.9 Å². The minimum Gasteiger partial charge on any atom is -0.497 e. The van der Waals surface area contributed by atoms with Crippen molar-refractivity contribution < 1.29 is 14.3 Å². The van der Waals surface area contributed by atoms with Crippen LogP contribution in [0.2, 0.25) is 0 Å². The van der Waals surface area contributed by atoms with Gasteiger partial charge in [-0.3, -0.25) is 4.79 Å². The predicted octanol–water partition coefficient (Wildman–Crippen LogP) is 3.60. The maximum atomic E-state index is 12.0. The van der Waals surface area contributed by atoms with E-state index in [2.05, 4.69) is 0 Å². The first-order chi connectivity index (χ1) is 9.74. The van der Waals surface area contributed by atoms with Crippen LogP contribution in [0.15, 0.2) is 54.6 Å². The number of carbonyl (C=O) groups is 1. The minimum absolute atomic E-state index is 0.0385. The number of allylic oxidation sites excluding steroid dienone is 1. The van der Waals surface area contributed by atoms with E-state index in [0.29, 0.717) is 17.1 Å². The quantitative estimate of drug-likeness (QED) is 0.614. The lowest BCUT2D eigenvalue weighted by Gasteiger charge is -2.07. The van der Waals surface area contributed by atoms with Crippen molar-refractivity contribution >= 4 is 11.9 Å². The summed E-state index contributed by atoms with van der Waals surface area (Å²) in [5, 5.41) is 0. The average Bonchev–Trinajstić information content (AvgIpc) is 2.53. The zero-order valence-electron chi connectivity index (χ0n) is 11.5. The Morgan fingerprint density at radius 3 is 2.40 bits per heavy atom. The second-order valence-electron chi connectivity index (χ2n) is 4.17. The molecular formula is C17H16O3. The molecule has 0 atom stereocenters. The standard InChI is InChI=1S/C17H16O3/c1-19-15-10-8-14(17(12-15)20-2)9-11-16(18)13-6-4-3-5-7-13/h3-12H,1-2H3/b11-9+. The van der Waals surface area contributed by atoms with Crippen LogP contribution in [-0.2, 0) is 0 Å². The summed E-state index contributed by atoms with van der Waals surface area (Å²) in [4.78, 5) is 12.0. The summed E-state index contributed by atoms with van der Waals surface area (Å²) < 4.78 is 10.4. The number of ketones is 1. The third-order valence-electron chi connectivity index (χ3n) is 2.91. The molecule has 0 heterocycles. The molecule has 3 heteroatoms. The summed E-state index contributed by atoms with van der Waals surface area (Å²) >= 11 is 0. The summed E-state index contributed by atoms with van der Waals surface area (Å²) in [6.45, 7) is 0. The van der Waals surface area contributed by atoms with Crippen molar-refractivity contribution in [2.24, 2.45) is 0 Å². The summed E-state index contributed by atoms with van der Waals surface area (Å²) in [6, 6.07) is 14.6. The Bertz CT molecular complexity index is 615. The Labute approximate surface area is 118 Å². The van der Waals surface area contributed by atoms with Crippen LogP contribution in [0.4, 0.5) is 0 Å². The normalized spacial score (nSPS) is 10.5. The first-order valence-electron chi connectivity index (χ1n) is 6.24. The SMILES string of the molecule is COc1ccc(/C=C/C(=O)c2ccccc2)c(OC)c1. The molecule has 3 nitrogen and oxygen atoms in total. The van der Waals surface area contributed by atoms with Crippen molar-refractivity contribution in [1.29, 1.82) is 0 Å². The van der Waals surface area contributed by atoms with Gasteiger partial charge in [0.05, 0.1) is 14.2 Å². The molecule has 0 spiro atoms. The molecule has 2 aromatic rings. The van der Waals surface area contributed by atoms with E-state index in [0.717, 1.165) is 5.56 Å². The maximum absolute atomic E-state index is 12.0. The fraction of sp³-hybridized carbons (Fsp3) is 0.118. The molecule has 0 fully saturated rings. The third-order valence-corrected chi connectivity index (χ3v) is 2.91. The molecule has 0 aromatic heterocycles. The van der Waals surface area contributed by atoms with Gasteiger partial charge in [0, 0.05) is 17.2 Å². The second kappa shape index (κ2) is 6.57. The van der Waals surface area contributed by atoms with Gasteiger partial charge in [-0.25, -0.2) is 0 Å². The first-order valence-corrected chi connectivity index (χ1v) is 6.24. The predicted molar refractivity (Wildman–Crippen MR) is 79.4 cm³/mol. The Kier molecular flexibility index (Phi) is 4.56. The van der Waals surface area contributed by atoms with Crippen LogP contribution in [0.3, 0.4) is 0 Å². The van der Waals surface area contributed by atoms with Gasteiger partial charge in [0.25, 0.3) is 0 Å². The van der Waals surface area contributed by atoms with Crippen molar-refractivity contribution in [3.8, 4) is 11.5 Å². The molecule has 0 aliphatic carbocycles. The first kappa shape index (κ1) is 13.9. The molecule has 0 aliphatic heterocycles. The number of ether oxygens (including phenoxy) is 2. The topological polar surface area (TPSA) is 35.5 Å². The zero-order valence-corrected chi connectivity index (χ0v) is 11.5. The molecule has 0 amide bonds. The Balaban J connectivity index is 2.21. The largest absolute Gasteiger partial charge is 0.497 e. The van der Waals surface area contributed by atoms with Gasteiger partial charge in [-0.2, -0.15) is 0 Å². The number of rotatable bonds is 5. The molecule has 0 saturated heterocycles. The monoisotopic (exact) mass is 268 g/mol. The van der Waals surface area contributed by atoms with Crippen molar-refractivity contribution in [1.82, 2.24) is 0 Å². The summed E-state index contributed by atoms with van der Waals surface area (Å²) in [7, 11) is 3.19. The van der Waals surface area contributed by atoms with E-state index < -0.39 is 0 Å². The number of carbonyl (C=O) groups excluding carboxylic acids is 1. The number of benzene rings is 2. The van der Waals surface area contributed by atoms with Crippen LogP contribution in [0.5, 0.6) is 11.5 Å². The molecule has 0 unspecified atom stereocenters. The molecule has 0 N–H and O–H groups in total. The van der Waals surface area contributed by atoms with Crippen molar-refractivity contribution in [3.05, 3.63) is 65.7 Å². The van der Waals surface area contributed by atoms with E-state index in [1.54, 1.807) is 44.6 Å². The average molecular weight is 268 g/mol. The number of hydrogen-bond acceptors (Lipinski definition) is 3. The summed E-state index contributed by atoms with van der Waals surface area (Å²) in [6.07, 6.45) is 3.28. The second-order valence-corrected chi connectivity index (χ2v) is 4.17. The summed E-state index contributed by atoms with van der Waals surface area (Å²) in [5.41, 5.74) is 1.49. The van der Waals surface area contributed by atoms with Crippen LogP contribution < -0.4 is 9.47 Å². The molecule has 2 rings (SSSR count). The van der Waals surface area contributed by atoms with Crippen LogP contribution in [0, 0.1) is 0 Å². The van der Waals surface area contributed by atoms with Gasteiger partial charge in [0.1, 0.15) is 11.5 Å². The molecule has 20 heavy (non-hydrogen) atoms. The molecule has 2 aromatic carbocycles. The third kappa shape index (κ3) is 3.26. The highest BCUT2D eigenvalue weighted by Crippen LogP contribution is 2.25. The van der Waals surface area contributed by atoms with E-state index in [1.807, 2.05) is 30.3 Å². The molecule has 0 saturated carbocycles. The van der Waals surface area contributed by atoms with Gasteiger partial charge >= 0.3 is 0 Å². The molecule has 0 radical (unpaired) electrons. The van der Waals surface area contributed by atoms with Gasteiger partial charge in [-0.15, -0.1) is 0 Å². The number of hydrogen-bond donors (Lipinski definition) is 0. The van der Waals surface area contributed by atoms with Gasteiger partial charge in [0.15, 0.2) is 5.78 Å². The highest BCUT2D eigenvalue weighted by Gasteiger charge is 2.04. The van der Waals surface area contributed by atoms with Gasteiger partial charge in [0.2, 0.25) is 0 Å².